The van der Waals surface area contributed by atoms with E-state index < -0.39 is 0 Å². The molecule has 17 heavy (non-hydrogen) atoms. The van der Waals surface area contributed by atoms with Crippen LogP contribution in [0.3, 0.4) is 0 Å². The molecule has 0 bridgehead atoms. The summed E-state index contributed by atoms with van der Waals surface area (Å²) in [5, 5.41) is 0. The van der Waals surface area contributed by atoms with Crippen LogP contribution in [0.2, 0.25) is 0 Å². The lowest BCUT2D eigenvalue weighted by atomic mass is 10.1. The van der Waals surface area contributed by atoms with Gasteiger partial charge in [-0.2, -0.15) is 0 Å². The Morgan fingerprint density at radius 1 is 1.53 bits per heavy atom. The molecule has 4 heteroatoms. The summed E-state index contributed by atoms with van der Waals surface area (Å²) in [6, 6.07) is 1.93. The van der Waals surface area contributed by atoms with Gasteiger partial charge in [-0.05, 0) is 32.4 Å². The molecule has 0 N–H and O–H groups in total. The third-order valence-electron chi connectivity index (χ3n) is 2.74. The topological polar surface area (TPSA) is 40.6 Å². The summed E-state index contributed by atoms with van der Waals surface area (Å²) in [5.41, 5.74) is 0.901. The quantitative estimate of drug-likeness (QED) is 0.805. The molecular formula is C13H19NO3. The minimum Gasteiger partial charge on any atom is -0.489 e. The molecule has 1 aliphatic heterocycles. The highest BCUT2D eigenvalue weighted by molar-refractivity contribution is 5.27. The lowest BCUT2D eigenvalue weighted by molar-refractivity contribution is -0.181. The number of ether oxygens (including phenoxy) is 3. The molecule has 0 aliphatic carbocycles. The summed E-state index contributed by atoms with van der Waals surface area (Å²) in [6.45, 7) is 7.73. The maximum absolute atomic E-state index is 5.68. The first-order chi connectivity index (χ1) is 8.07. The fourth-order valence-corrected chi connectivity index (χ4v) is 1.61. The second-order valence-electron chi connectivity index (χ2n) is 4.96. The van der Waals surface area contributed by atoms with Gasteiger partial charge in [-0.25, -0.2) is 0 Å². The Balaban J connectivity index is 1.82. The van der Waals surface area contributed by atoms with E-state index in [1.807, 2.05) is 26.8 Å². The van der Waals surface area contributed by atoms with Crippen LogP contribution in [0, 0.1) is 6.92 Å². The van der Waals surface area contributed by atoms with Crippen LogP contribution in [0.4, 0.5) is 0 Å². The molecule has 1 unspecified atom stereocenters. The lowest BCUT2D eigenvalue weighted by Gasteiger charge is -2.34. The Labute approximate surface area is 102 Å². The van der Waals surface area contributed by atoms with Gasteiger partial charge in [-0.15, -0.1) is 0 Å². The Bertz CT molecular complexity index is 369. The van der Waals surface area contributed by atoms with Crippen molar-refractivity contribution in [2.24, 2.45) is 0 Å². The van der Waals surface area contributed by atoms with E-state index in [2.05, 4.69) is 4.98 Å². The predicted molar refractivity (Wildman–Crippen MR) is 64.2 cm³/mol. The van der Waals surface area contributed by atoms with E-state index in [1.54, 1.807) is 12.4 Å². The smallest absolute Gasteiger partial charge is 0.140 e. The Kier molecular flexibility index (Phi) is 3.64. The molecule has 1 aromatic rings. The van der Waals surface area contributed by atoms with Gasteiger partial charge < -0.3 is 14.2 Å². The van der Waals surface area contributed by atoms with Crippen molar-refractivity contribution in [3.63, 3.8) is 0 Å². The molecule has 0 saturated carbocycles. The molecule has 1 saturated heterocycles. The van der Waals surface area contributed by atoms with Crippen molar-refractivity contribution >= 4 is 0 Å². The largest absolute Gasteiger partial charge is 0.489 e. The monoisotopic (exact) mass is 237 g/mol. The van der Waals surface area contributed by atoms with E-state index in [1.165, 1.54) is 0 Å². The SMILES string of the molecule is Cc1ccncc1OCC1COC(C)(C)CO1. The van der Waals surface area contributed by atoms with E-state index in [4.69, 9.17) is 14.2 Å². The highest BCUT2D eigenvalue weighted by Gasteiger charge is 2.28. The van der Waals surface area contributed by atoms with E-state index in [9.17, 15) is 0 Å². The molecule has 1 fully saturated rings. The molecule has 1 aromatic heterocycles. The highest BCUT2D eigenvalue weighted by Crippen LogP contribution is 2.19. The lowest BCUT2D eigenvalue weighted by Crippen LogP contribution is -2.44. The van der Waals surface area contributed by atoms with Crippen molar-refractivity contribution in [3.05, 3.63) is 24.0 Å². The predicted octanol–water partition coefficient (Wildman–Crippen LogP) is 1.96. The number of aryl methyl sites for hydroxylation is 1. The van der Waals surface area contributed by atoms with E-state index in [0.717, 1.165) is 11.3 Å². The molecule has 0 radical (unpaired) electrons. The average Bonchev–Trinajstić information content (AvgIpc) is 2.30. The third-order valence-corrected chi connectivity index (χ3v) is 2.74. The fraction of sp³-hybridized carbons (Fsp3) is 0.615. The normalized spacial score (nSPS) is 23.4. The molecule has 1 atom stereocenters. The first kappa shape index (κ1) is 12.3. The van der Waals surface area contributed by atoms with Crippen molar-refractivity contribution in [1.29, 1.82) is 0 Å². The Morgan fingerprint density at radius 3 is 3.00 bits per heavy atom. The van der Waals surface area contributed by atoms with Crippen LogP contribution < -0.4 is 4.74 Å². The maximum atomic E-state index is 5.68. The van der Waals surface area contributed by atoms with Crippen molar-refractivity contribution in [2.75, 3.05) is 19.8 Å². The Morgan fingerprint density at radius 2 is 2.35 bits per heavy atom. The molecule has 0 aromatic carbocycles. The van der Waals surface area contributed by atoms with Gasteiger partial charge >= 0.3 is 0 Å². The van der Waals surface area contributed by atoms with E-state index in [0.29, 0.717) is 19.8 Å². The number of hydrogen-bond acceptors (Lipinski definition) is 4. The van der Waals surface area contributed by atoms with Crippen molar-refractivity contribution in [1.82, 2.24) is 4.98 Å². The standard InChI is InChI=1S/C13H19NO3/c1-10-4-5-14-6-12(10)15-7-11-8-17-13(2,3)9-16-11/h4-6,11H,7-9H2,1-3H3. The van der Waals surface area contributed by atoms with Gasteiger partial charge in [0.05, 0.1) is 25.0 Å². The minimum absolute atomic E-state index is 0.00244. The van der Waals surface area contributed by atoms with Crippen molar-refractivity contribution in [3.8, 4) is 5.75 Å². The van der Waals surface area contributed by atoms with Crippen LogP contribution in [0.1, 0.15) is 19.4 Å². The zero-order valence-electron chi connectivity index (χ0n) is 10.6. The number of hydrogen-bond donors (Lipinski definition) is 0. The van der Waals surface area contributed by atoms with Crippen LogP contribution in [0.25, 0.3) is 0 Å². The fourth-order valence-electron chi connectivity index (χ4n) is 1.61. The van der Waals surface area contributed by atoms with E-state index in [-0.39, 0.29) is 11.7 Å². The summed E-state index contributed by atoms with van der Waals surface area (Å²) < 4.78 is 17.0. The molecule has 0 spiro atoms. The van der Waals surface area contributed by atoms with Crippen LogP contribution in [-0.4, -0.2) is 36.5 Å². The van der Waals surface area contributed by atoms with Gasteiger partial charge in [-0.1, -0.05) is 0 Å². The van der Waals surface area contributed by atoms with Gasteiger partial charge in [0, 0.05) is 6.20 Å². The number of rotatable bonds is 3. The first-order valence-corrected chi connectivity index (χ1v) is 5.86. The highest BCUT2D eigenvalue weighted by atomic mass is 16.6. The summed E-state index contributed by atoms with van der Waals surface area (Å²) in [4.78, 5) is 4.04. The first-order valence-electron chi connectivity index (χ1n) is 5.86. The third kappa shape index (κ3) is 3.41. The maximum Gasteiger partial charge on any atom is 0.140 e. The zero-order valence-corrected chi connectivity index (χ0v) is 10.6. The summed E-state index contributed by atoms with van der Waals surface area (Å²) in [6.07, 6.45) is 3.48. The second kappa shape index (κ2) is 5.02. The average molecular weight is 237 g/mol. The number of nitrogens with zero attached hydrogens (tertiary/aromatic N) is 1. The molecule has 2 rings (SSSR count). The van der Waals surface area contributed by atoms with Gasteiger partial charge in [0.2, 0.25) is 0 Å². The van der Waals surface area contributed by atoms with Crippen LogP contribution in [0.5, 0.6) is 5.75 Å². The molecule has 94 valence electrons. The number of aromatic nitrogens is 1. The summed E-state index contributed by atoms with van der Waals surface area (Å²) in [5.74, 6) is 0.806. The molecule has 0 amide bonds. The molecule has 1 aliphatic rings. The van der Waals surface area contributed by atoms with E-state index >= 15 is 0 Å². The summed E-state index contributed by atoms with van der Waals surface area (Å²) in [7, 11) is 0. The number of pyridine rings is 1. The Hall–Kier alpha value is -1.13. The zero-order chi connectivity index (χ0) is 12.3. The van der Waals surface area contributed by atoms with Gasteiger partial charge in [0.25, 0.3) is 0 Å². The van der Waals surface area contributed by atoms with Gasteiger partial charge in [-0.3, -0.25) is 4.98 Å². The molecular weight excluding hydrogens is 218 g/mol. The van der Waals surface area contributed by atoms with Crippen molar-refractivity contribution < 1.29 is 14.2 Å². The van der Waals surface area contributed by atoms with Crippen LogP contribution >= 0.6 is 0 Å². The van der Waals surface area contributed by atoms with Crippen LogP contribution in [-0.2, 0) is 9.47 Å². The molecule has 2 heterocycles. The second-order valence-corrected chi connectivity index (χ2v) is 4.96. The van der Waals surface area contributed by atoms with Gasteiger partial charge in [0.15, 0.2) is 0 Å². The van der Waals surface area contributed by atoms with Crippen LogP contribution in [0.15, 0.2) is 18.5 Å². The molecule has 4 nitrogen and oxygen atoms in total. The minimum atomic E-state index is -0.180. The van der Waals surface area contributed by atoms with Crippen molar-refractivity contribution in [2.45, 2.75) is 32.5 Å². The summed E-state index contributed by atoms with van der Waals surface area (Å²) >= 11 is 0. The van der Waals surface area contributed by atoms with Gasteiger partial charge in [0.1, 0.15) is 18.5 Å².